The predicted octanol–water partition coefficient (Wildman–Crippen LogP) is 5.46. The predicted molar refractivity (Wildman–Crippen MR) is 128 cm³/mol. The van der Waals surface area contributed by atoms with Crippen LogP contribution in [0.2, 0.25) is 5.02 Å². The molecule has 2 aliphatic rings. The molecule has 0 aliphatic carbocycles. The zero-order valence-electron chi connectivity index (χ0n) is 18.3. The number of fused-ring (bicyclic) bond motifs is 3. The normalized spacial score (nSPS) is 16.7. The molecular weight excluding hydrogens is 425 g/mol. The van der Waals surface area contributed by atoms with Gasteiger partial charge < -0.3 is 14.4 Å². The van der Waals surface area contributed by atoms with Crippen molar-refractivity contribution in [2.45, 2.75) is 38.3 Å². The second-order valence-corrected chi connectivity index (χ2v) is 9.24. The maximum atomic E-state index is 12.8. The summed E-state index contributed by atoms with van der Waals surface area (Å²) in [4.78, 5) is 13.8. The summed E-state index contributed by atoms with van der Waals surface area (Å²) < 4.78 is 15.0. The van der Waals surface area contributed by atoms with Crippen molar-refractivity contribution in [3.8, 4) is 0 Å². The third-order valence-corrected chi connectivity index (χ3v) is 7.04. The Morgan fingerprint density at radius 2 is 2.06 bits per heavy atom. The zero-order valence-corrected chi connectivity index (χ0v) is 19.1. The van der Waals surface area contributed by atoms with Gasteiger partial charge in [0.05, 0.1) is 41.6 Å². The van der Waals surface area contributed by atoms with Crippen molar-refractivity contribution in [1.29, 1.82) is 0 Å². The van der Waals surface area contributed by atoms with E-state index in [4.69, 9.17) is 16.6 Å². The first-order valence-electron chi connectivity index (χ1n) is 11.0. The molecule has 0 amide bonds. The van der Waals surface area contributed by atoms with E-state index < -0.39 is 0 Å². The molecule has 166 valence electrons. The highest BCUT2D eigenvalue weighted by Crippen LogP contribution is 2.53. The van der Waals surface area contributed by atoms with Gasteiger partial charge in [-0.05, 0) is 49.6 Å². The van der Waals surface area contributed by atoms with Gasteiger partial charge in [0.2, 0.25) is 0 Å². The molecule has 1 fully saturated rings. The van der Waals surface area contributed by atoms with E-state index in [1.807, 2.05) is 37.5 Å². The Kier molecular flexibility index (Phi) is 5.20. The van der Waals surface area contributed by atoms with Crippen molar-refractivity contribution in [2.75, 3.05) is 24.7 Å². The van der Waals surface area contributed by atoms with Gasteiger partial charge in [0, 0.05) is 42.2 Å². The van der Waals surface area contributed by atoms with Gasteiger partial charge in [0.15, 0.2) is 0 Å². The summed E-state index contributed by atoms with van der Waals surface area (Å²) in [7, 11) is 0. The van der Waals surface area contributed by atoms with Crippen LogP contribution in [0.25, 0.3) is 11.0 Å². The van der Waals surface area contributed by atoms with E-state index in [0.29, 0.717) is 24.5 Å². The van der Waals surface area contributed by atoms with Gasteiger partial charge >= 0.3 is 0 Å². The Labute approximate surface area is 192 Å². The maximum absolute atomic E-state index is 12.8. The van der Waals surface area contributed by atoms with Crippen molar-refractivity contribution >= 4 is 28.3 Å². The Bertz CT molecular complexity index is 1210. The number of hydrogen-bond donors (Lipinski definition) is 0. The van der Waals surface area contributed by atoms with Crippen LogP contribution in [-0.4, -0.2) is 39.2 Å². The average molecular weight is 452 g/mol. The number of hydrogen-bond acceptors (Lipinski definition) is 4. The van der Waals surface area contributed by atoms with Crippen molar-refractivity contribution < 1.29 is 4.39 Å². The minimum absolute atomic E-state index is 0.119. The fourth-order valence-electron chi connectivity index (χ4n) is 5.00. The van der Waals surface area contributed by atoms with Crippen LogP contribution in [-0.2, 0) is 18.5 Å². The van der Waals surface area contributed by atoms with Crippen molar-refractivity contribution in [3.05, 3.63) is 77.6 Å². The lowest BCUT2D eigenvalue weighted by Crippen LogP contribution is -2.58. The molecule has 2 aliphatic heterocycles. The molecule has 1 saturated heterocycles. The van der Waals surface area contributed by atoms with E-state index in [2.05, 4.69) is 38.6 Å². The lowest BCUT2D eigenvalue weighted by Gasteiger charge is -2.50. The van der Waals surface area contributed by atoms with Gasteiger partial charge in [-0.1, -0.05) is 24.8 Å². The lowest BCUT2D eigenvalue weighted by atomic mass is 9.73. The van der Waals surface area contributed by atoms with Crippen LogP contribution in [0.3, 0.4) is 0 Å². The van der Waals surface area contributed by atoms with E-state index in [1.54, 1.807) is 0 Å². The number of benzene rings is 1. The van der Waals surface area contributed by atoms with Crippen LogP contribution in [0.1, 0.15) is 31.2 Å². The number of aryl methyl sites for hydroxylation is 1. The lowest BCUT2D eigenvalue weighted by molar-refractivity contribution is 0.136. The summed E-state index contributed by atoms with van der Waals surface area (Å²) in [5, 5.41) is 0.670. The molecule has 0 unspecified atom stereocenters. The third-order valence-electron chi connectivity index (χ3n) is 6.80. The molecule has 3 aromatic rings. The molecule has 7 heteroatoms. The summed E-state index contributed by atoms with van der Waals surface area (Å²) in [6, 6.07) is 7.85. The summed E-state index contributed by atoms with van der Waals surface area (Å²) >= 11 is 6.28. The smallest absolute Gasteiger partial charge is 0.129 e. The average Bonchev–Trinajstić information content (AvgIpc) is 3.20. The quantitative estimate of drug-likeness (QED) is 0.447. The van der Waals surface area contributed by atoms with E-state index >= 15 is 0 Å². The molecule has 32 heavy (non-hydrogen) atoms. The highest BCUT2D eigenvalue weighted by Gasteiger charge is 2.54. The van der Waals surface area contributed by atoms with Crippen molar-refractivity contribution in [3.63, 3.8) is 0 Å². The standard InChI is InChI=1S/C25H27ClFN5/c1-17(2)30-15-25(16-30)18(3)32(23-13-28-10-8-20(23)25)14-24-29-21-7-6-19(26)12-22(21)31(24)11-5-4-9-27/h6-8,10,12-13H,1,3-5,9,11,14-16H2,2H3. The number of allylic oxidation sites excluding steroid dienone is 1. The van der Waals surface area contributed by atoms with Gasteiger partial charge in [0.25, 0.3) is 0 Å². The highest BCUT2D eigenvalue weighted by molar-refractivity contribution is 6.31. The van der Waals surface area contributed by atoms with E-state index in [-0.39, 0.29) is 12.1 Å². The van der Waals surface area contributed by atoms with E-state index in [9.17, 15) is 4.39 Å². The number of pyridine rings is 1. The Hall–Kier alpha value is -2.86. The van der Waals surface area contributed by atoms with E-state index in [1.165, 1.54) is 5.56 Å². The Balaban J connectivity index is 1.52. The number of aromatic nitrogens is 3. The maximum Gasteiger partial charge on any atom is 0.129 e. The summed E-state index contributed by atoms with van der Waals surface area (Å²) in [5.74, 6) is 0.921. The number of nitrogens with zero attached hydrogens (tertiary/aromatic N) is 5. The minimum Gasteiger partial charge on any atom is -0.373 e. The first-order valence-corrected chi connectivity index (χ1v) is 11.3. The number of likely N-dealkylation sites (tertiary alicyclic amines) is 1. The number of imidazole rings is 1. The highest BCUT2D eigenvalue weighted by atomic mass is 35.5. The Morgan fingerprint density at radius 1 is 1.25 bits per heavy atom. The first kappa shape index (κ1) is 21.0. The number of alkyl halides is 1. The summed E-state index contributed by atoms with van der Waals surface area (Å²) in [6.45, 7) is 13.4. The van der Waals surface area contributed by atoms with Crippen molar-refractivity contribution in [2.24, 2.45) is 0 Å². The topological polar surface area (TPSA) is 37.2 Å². The number of unbranched alkanes of at least 4 members (excludes halogenated alkanes) is 1. The van der Waals surface area contributed by atoms with Gasteiger partial charge in [-0.25, -0.2) is 4.98 Å². The number of halogens is 2. The van der Waals surface area contributed by atoms with Gasteiger partial charge in [0.1, 0.15) is 5.82 Å². The third kappa shape index (κ3) is 3.20. The molecule has 1 spiro atoms. The van der Waals surface area contributed by atoms with Crippen LogP contribution in [0.4, 0.5) is 10.1 Å². The fraction of sp³-hybridized carbons (Fsp3) is 0.360. The molecule has 0 N–H and O–H groups in total. The molecule has 0 bridgehead atoms. The zero-order chi connectivity index (χ0) is 22.5. The molecule has 2 aromatic heterocycles. The second-order valence-electron chi connectivity index (χ2n) is 8.81. The summed E-state index contributed by atoms with van der Waals surface area (Å²) in [5.41, 5.74) is 6.24. The largest absolute Gasteiger partial charge is 0.373 e. The van der Waals surface area contributed by atoms with Crippen LogP contribution in [0.5, 0.6) is 0 Å². The minimum atomic E-state index is -0.313. The summed E-state index contributed by atoms with van der Waals surface area (Å²) in [6.07, 6.45) is 5.06. The first-order chi connectivity index (χ1) is 15.4. The van der Waals surface area contributed by atoms with Gasteiger partial charge in [-0.3, -0.25) is 9.37 Å². The van der Waals surface area contributed by atoms with Crippen LogP contribution in [0.15, 0.2) is 61.2 Å². The number of rotatable bonds is 7. The molecule has 0 radical (unpaired) electrons. The molecule has 4 heterocycles. The fourth-order valence-corrected chi connectivity index (χ4v) is 5.16. The molecule has 0 saturated carbocycles. The van der Waals surface area contributed by atoms with E-state index in [0.717, 1.165) is 53.4 Å². The molecule has 1 aromatic carbocycles. The molecular formula is C25H27ClFN5. The number of anilines is 1. The SMILES string of the molecule is C=C(C)N1CC2(C1)C(=C)N(Cc1nc3ccc(Cl)cc3n1CCCCF)c1cnccc12. The van der Waals surface area contributed by atoms with Crippen LogP contribution < -0.4 is 4.90 Å². The monoisotopic (exact) mass is 451 g/mol. The Morgan fingerprint density at radius 3 is 2.81 bits per heavy atom. The van der Waals surface area contributed by atoms with Gasteiger partial charge in [-0.15, -0.1) is 0 Å². The molecule has 5 nitrogen and oxygen atoms in total. The molecule has 5 rings (SSSR count). The second kappa shape index (κ2) is 7.93. The van der Waals surface area contributed by atoms with Crippen LogP contribution >= 0.6 is 11.6 Å². The van der Waals surface area contributed by atoms with Crippen LogP contribution in [0, 0.1) is 0 Å². The van der Waals surface area contributed by atoms with Crippen molar-refractivity contribution in [1.82, 2.24) is 19.4 Å². The molecule has 0 atom stereocenters. The van der Waals surface area contributed by atoms with Gasteiger partial charge in [-0.2, -0.15) is 0 Å².